The highest BCUT2D eigenvalue weighted by molar-refractivity contribution is 5.09. The Morgan fingerprint density at radius 1 is 1.37 bits per heavy atom. The molecule has 2 atom stereocenters. The molecule has 5 nitrogen and oxygen atoms in total. The van der Waals surface area contributed by atoms with Gasteiger partial charge in [-0.2, -0.15) is 0 Å². The molecule has 0 fully saturated rings. The summed E-state index contributed by atoms with van der Waals surface area (Å²) in [5.41, 5.74) is 0. The standard InChI is InChI=1S/C14H18N2O3/c1-11(10-19-14-6-2-3-7-15-14)16-9-12(17)13-5-4-8-18-13/h2-8,11-12,16-17H,9-10H2,1H3. The van der Waals surface area contributed by atoms with E-state index in [-0.39, 0.29) is 6.04 Å². The quantitative estimate of drug-likeness (QED) is 0.796. The van der Waals surface area contributed by atoms with Crippen molar-refractivity contribution in [2.24, 2.45) is 0 Å². The molecule has 0 aromatic carbocycles. The molecule has 0 amide bonds. The number of aliphatic hydroxyl groups is 1. The average Bonchev–Trinajstić information content (AvgIpc) is 2.98. The molecule has 0 aliphatic carbocycles. The molecule has 2 aromatic rings. The number of hydrogen-bond donors (Lipinski definition) is 2. The molecule has 0 radical (unpaired) electrons. The molecule has 2 N–H and O–H groups in total. The van der Waals surface area contributed by atoms with Crippen molar-refractivity contribution < 1.29 is 14.3 Å². The van der Waals surface area contributed by atoms with Crippen LogP contribution in [-0.4, -0.2) is 29.3 Å². The van der Waals surface area contributed by atoms with Gasteiger partial charge in [0, 0.05) is 24.8 Å². The predicted octanol–water partition coefficient (Wildman–Crippen LogP) is 1.77. The van der Waals surface area contributed by atoms with Crippen LogP contribution in [-0.2, 0) is 0 Å². The number of nitrogens with one attached hydrogen (secondary N) is 1. The van der Waals surface area contributed by atoms with E-state index < -0.39 is 6.10 Å². The Morgan fingerprint density at radius 3 is 2.95 bits per heavy atom. The fourth-order valence-corrected chi connectivity index (χ4v) is 1.60. The van der Waals surface area contributed by atoms with Gasteiger partial charge < -0.3 is 19.6 Å². The van der Waals surface area contributed by atoms with Crippen LogP contribution in [0.3, 0.4) is 0 Å². The highest BCUT2D eigenvalue weighted by Gasteiger charge is 2.12. The molecule has 19 heavy (non-hydrogen) atoms. The van der Waals surface area contributed by atoms with E-state index in [2.05, 4.69) is 10.3 Å². The molecule has 2 rings (SSSR count). The van der Waals surface area contributed by atoms with Gasteiger partial charge in [-0.05, 0) is 25.1 Å². The minimum Gasteiger partial charge on any atom is -0.476 e. The van der Waals surface area contributed by atoms with Crippen molar-refractivity contribution >= 4 is 0 Å². The molecule has 0 saturated heterocycles. The number of hydrogen-bond acceptors (Lipinski definition) is 5. The lowest BCUT2D eigenvalue weighted by atomic mass is 10.2. The van der Waals surface area contributed by atoms with Crippen LogP contribution in [0.4, 0.5) is 0 Å². The van der Waals surface area contributed by atoms with Gasteiger partial charge in [0.05, 0.1) is 6.26 Å². The lowest BCUT2D eigenvalue weighted by molar-refractivity contribution is 0.139. The van der Waals surface area contributed by atoms with E-state index in [0.717, 1.165) is 0 Å². The summed E-state index contributed by atoms with van der Waals surface area (Å²) in [6.45, 7) is 2.89. The van der Waals surface area contributed by atoms with Crippen molar-refractivity contribution in [1.29, 1.82) is 0 Å². The van der Waals surface area contributed by atoms with Crippen molar-refractivity contribution in [2.75, 3.05) is 13.2 Å². The Hall–Kier alpha value is -1.85. The summed E-state index contributed by atoms with van der Waals surface area (Å²) in [5.74, 6) is 1.16. The van der Waals surface area contributed by atoms with Crippen molar-refractivity contribution in [2.45, 2.75) is 19.1 Å². The second-order valence-electron chi connectivity index (χ2n) is 4.32. The first-order chi connectivity index (χ1) is 9.25. The molecule has 5 heteroatoms. The monoisotopic (exact) mass is 262 g/mol. The third-order valence-corrected chi connectivity index (χ3v) is 2.65. The number of furan rings is 1. The molecule has 0 spiro atoms. The van der Waals surface area contributed by atoms with E-state index >= 15 is 0 Å². The molecule has 0 bridgehead atoms. The van der Waals surface area contributed by atoms with Gasteiger partial charge in [0.2, 0.25) is 5.88 Å². The maximum absolute atomic E-state index is 9.83. The van der Waals surface area contributed by atoms with Gasteiger partial charge in [-0.3, -0.25) is 0 Å². The molecule has 2 unspecified atom stereocenters. The minimum absolute atomic E-state index is 0.103. The topological polar surface area (TPSA) is 67.5 Å². The van der Waals surface area contributed by atoms with Crippen LogP contribution >= 0.6 is 0 Å². The molecule has 2 aromatic heterocycles. The van der Waals surface area contributed by atoms with Crippen LogP contribution < -0.4 is 10.1 Å². The Kier molecular flexibility index (Phi) is 4.94. The first kappa shape index (κ1) is 13.6. The average molecular weight is 262 g/mol. The van der Waals surface area contributed by atoms with E-state index in [1.807, 2.05) is 25.1 Å². The van der Waals surface area contributed by atoms with Gasteiger partial charge in [0.1, 0.15) is 18.5 Å². The Bertz CT molecular complexity index is 459. The van der Waals surface area contributed by atoms with Crippen LogP contribution in [0, 0.1) is 0 Å². The van der Waals surface area contributed by atoms with E-state index in [0.29, 0.717) is 24.8 Å². The number of aromatic nitrogens is 1. The fraction of sp³-hybridized carbons (Fsp3) is 0.357. The molecular formula is C14H18N2O3. The second-order valence-corrected chi connectivity index (χ2v) is 4.32. The van der Waals surface area contributed by atoms with Crippen molar-refractivity contribution in [3.8, 4) is 5.88 Å². The van der Waals surface area contributed by atoms with Crippen LogP contribution in [0.2, 0.25) is 0 Å². The zero-order chi connectivity index (χ0) is 13.5. The maximum Gasteiger partial charge on any atom is 0.213 e. The summed E-state index contributed by atoms with van der Waals surface area (Å²) in [5, 5.41) is 13.0. The first-order valence-corrected chi connectivity index (χ1v) is 6.24. The summed E-state index contributed by atoms with van der Waals surface area (Å²) in [6, 6.07) is 9.14. The normalized spacial score (nSPS) is 14.0. The summed E-state index contributed by atoms with van der Waals surface area (Å²) >= 11 is 0. The molecule has 0 saturated carbocycles. The number of nitrogens with zero attached hydrogens (tertiary/aromatic N) is 1. The summed E-state index contributed by atoms with van der Waals surface area (Å²) < 4.78 is 10.6. The smallest absolute Gasteiger partial charge is 0.213 e. The number of rotatable bonds is 7. The number of ether oxygens (including phenoxy) is 1. The SMILES string of the molecule is CC(COc1ccccn1)NCC(O)c1ccco1. The maximum atomic E-state index is 9.83. The van der Waals surface area contributed by atoms with Crippen molar-refractivity contribution in [3.05, 3.63) is 48.6 Å². The summed E-state index contributed by atoms with van der Waals surface area (Å²) in [7, 11) is 0. The van der Waals surface area contributed by atoms with Crippen molar-refractivity contribution in [1.82, 2.24) is 10.3 Å². The minimum atomic E-state index is -0.646. The zero-order valence-electron chi connectivity index (χ0n) is 10.8. The molecular weight excluding hydrogens is 244 g/mol. The van der Waals surface area contributed by atoms with Crippen LogP contribution in [0.5, 0.6) is 5.88 Å². The van der Waals surface area contributed by atoms with Crippen LogP contribution in [0.25, 0.3) is 0 Å². The van der Waals surface area contributed by atoms with Gasteiger partial charge in [0.15, 0.2) is 0 Å². The fourth-order valence-electron chi connectivity index (χ4n) is 1.60. The number of aliphatic hydroxyl groups excluding tert-OH is 1. The largest absolute Gasteiger partial charge is 0.476 e. The summed E-state index contributed by atoms with van der Waals surface area (Å²) in [6.07, 6.45) is 2.59. The Balaban J connectivity index is 1.69. The highest BCUT2D eigenvalue weighted by atomic mass is 16.5. The molecule has 102 valence electrons. The van der Waals surface area contributed by atoms with E-state index in [9.17, 15) is 5.11 Å². The molecule has 2 heterocycles. The van der Waals surface area contributed by atoms with Gasteiger partial charge in [-0.1, -0.05) is 6.07 Å². The van der Waals surface area contributed by atoms with E-state index in [1.165, 1.54) is 0 Å². The van der Waals surface area contributed by atoms with Gasteiger partial charge >= 0.3 is 0 Å². The molecule has 0 aliphatic heterocycles. The van der Waals surface area contributed by atoms with Gasteiger partial charge in [0.25, 0.3) is 0 Å². The van der Waals surface area contributed by atoms with Crippen molar-refractivity contribution in [3.63, 3.8) is 0 Å². The van der Waals surface area contributed by atoms with Crippen LogP contribution in [0.15, 0.2) is 47.2 Å². The first-order valence-electron chi connectivity index (χ1n) is 6.24. The lowest BCUT2D eigenvalue weighted by Crippen LogP contribution is -2.34. The van der Waals surface area contributed by atoms with Gasteiger partial charge in [-0.25, -0.2) is 4.98 Å². The Labute approximate surface area is 112 Å². The zero-order valence-corrected chi connectivity index (χ0v) is 10.8. The Morgan fingerprint density at radius 2 is 2.26 bits per heavy atom. The lowest BCUT2D eigenvalue weighted by Gasteiger charge is -2.16. The van der Waals surface area contributed by atoms with Crippen LogP contribution in [0.1, 0.15) is 18.8 Å². The van der Waals surface area contributed by atoms with E-state index in [1.54, 1.807) is 24.6 Å². The van der Waals surface area contributed by atoms with Gasteiger partial charge in [-0.15, -0.1) is 0 Å². The third kappa shape index (κ3) is 4.39. The second kappa shape index (κ2) is 6.92. The summed E-state index contributed by atoms with van der Waals surface area (Å²) in [4.78, 5) is 4.07. The molecule has 0 aliphatic rings. The predicted molar refractivity (Wildman–Crippen MR) is 70.9 cm³/mol. The van der Waals surface area contributed by atoms with E-state index in [4.69, 9.17) is 9.15 Å². The third-order valence-electron chi connectivity index (χ3n) is 2.65. The number of pyridine rings is 1. The highest BCUT2D eigenvalue weighted by Crippen LogP contribution is 2.11.